The molecule has 0 aromatic heterocycles. The van der Waals surface area contributed by atoms with E-state index in [4.69, 9.17) is 10.9 Å². The van der Waals surface area contributed by atoms with Crippen LogP contribution in [0.25, 0.3) is 6.08 Å². The van der Waals surface area contributed by atoms with Crippen molar-refractivity contribution < 1.29 is 14.8 Å². The van der Waals surface area contributed by atoms with Gasteiger partial charge in [0.2, 0.25) is 0 Å². The number of hydrogen-bond donors (Lipinski definition) is 4. The van der Waals surface area contributed by atoms with Gasteiger partial charge in [-0.25, -0.2) is 10.9 Å². The van der Waals surface area contributed by atoms with E-state index < -0.39 is 5.91 Å². The number of hydrazone groups is 1. The molecule has 0 saturated carbocycles. The molecule has 2 rings (SSSR count). The molecule has 144 valence electrons. The van der Waals surface area contributed by atoms with Crippen LogP contribution in [0.4, 0.5) is 0 Å². The Labute approximate surface area is 159 Å². The van der Waals surface area contributed by atoms with Crippen LogP contribution in [0.2, 0.25) is 0 Å². The maximum Gasteiger partial charge on any atom is 0.271 e. The molecule has 1 aliphatic rings. The molecule has 1 aliphatic carbocycles. The van der Waals surface area contributed by atoms with Gasteiger partial charge in [-0.05, 0) is 54.5 Å². The van der Waals surface area contributed by atoms with Crippen molar-refractivity contribution in [2.24, 2.45) is 16.3 Å². The van der Waals surface area contributed by atoms with E-state index in [0.29, 0.717) is 11.1 Å². The first-order valence-corrected chi connectivity index (χ1v) is 8.68. The minimum absolute atomic E-state index is 0.0609. The van der Waals surface area contributed by atoms with Crippen LogP contribution >= 0.6 is 0 Å². The minimum Gasteiger partial charge on any atom is -0.325 e. The molecule has 1 atom stereocenters. The lowest BCUT2D eigenvalue weighted by Gasteiger charge is -2.44. The second-order valence-corrected chi connectivity index (χ2v) is 7.60. The highest BCUT2D eigenvalue weighted by Crippen LogP contribution is 2.41. The lowest BCUT2D eigenvalue weighted by atomic mass is 9.65. The first-order valence-electron chi connectivity index (χ1n) is 8.68. The molecule has 7 nitrogen and oxygen atoms in total. The van der Waals surface area contributed by atoms with Gasteiger partial charge in [0.05, 0.1) is 6.21 Å². The highest BCUT2D eigenvalue weighted by Gasteiger charge is 2.39. The van der Waals surface area contributed by atoms with Gasteiger partial charge in [0.25, 0.3) is 11.8 Å². The number of carbonyl (C=O) groups excluding carboxylic acids is 2. The molecular formula is C20H26N4O3. The van der Waals surface area contributed by atoms with Crippen molar-refractivity contribution in [1.82, 2.24) is 10.9 Å². The third-order valence-corrected chi connectivity index (χ3v) is 5.06. The van der Waals surface area contributed by atoms with E-state index in [1.54, 1.807) is 30.5 Å². The highest BCUT2D eigenvalue weighted by atomic mass is 16.5. The van der Waals surface area contributed by atoms with Crippen LogP contribution in [0.1, 0.15) is 49.5 Å². The molecule has 0 fully saturated rings. The predicted molar refractivity (Wildman–Crippen MR) is 105 cm³/mol. The molecule has 0 aliphatic heterocycles. The number of benzene rings is 1. The van der Waals surface area contributed by atoms with Crippen LogP contribution in [0.15, 0.2) is 47.1 Å². The summed E-state index contributed by atoms with van der Waals surface area (Å²) in [5.41, 5.74) is 12.1. The van der Waals surface area contributed by atoms with E-state index in [-0.39, 0.29) is 16.9 Å². The van der Waals surface area contributed by atoms with Crippen LogP contribution in [0.5, 0.6) is 0 Å². The lowest BCUT2D eigenvalue weighted by Crippen LogP contribution is -2.51. The zero-order chi connectivity index (χ0) is 20.1. The van der Waals surface area contributed by atoms with Crippen LogP contribution < -0.4 is 16.6 Å². The second-order valence-electron chi connectivity index (χ2n) is 7.60. The Balaban J connectivity index is 2.00. The molecule has 0 saturated heterocycles. The fourth-order valence-electron chi connectivity index (χ4n) is 2.73. The van der Waals surface area contributed by atoms with Crippen molar-refractivity contribution in [3.63, 3.8) is 0 Å². The second kappa shape index (κ2) is 8.28. The zero-order valence-corrected chi connectivity index (χ0v) is 15.8. The van der Waals surface area contributed by atoms with Crippen molar-refractivity contribution in [3.05, 3.63) is 53.1 Å². The summed E-state index contributed by atoms with van der Waals surface area (Å²) in [6.07, 6.45) is 7.91. The molecular weight excluding hydrogens is 344 g/mol. The zero-order valence-electron chi connectivity index (χ0n) is 15.8. The maximum absolute atomic E-state index is 12.3. The van der Waals surface area contributed by atoms with E-state index >= 15 is 0 Å². The molecule has 0 spiro atoms. The van der Waals surface area contributed by atoms with Crippen molar-refractivity contribution in [2.75, 3.05) is 0 Å². The van der Waals surface area contributed by atoms with Gasteiger partial charge in [0.15, 0.2) is 0 Å². The molecule has 7 heteroatoms. The fraction of sp³-hybridized carbons (Fsp3) is 0.350. The number of rotatable bonds is 5. The van der Waals surface area contributed by atoms with Gasteiger partial charge >= 0.3 is 0 Å². The SMILES string of the molecule is CC1(C)CC(C=NNC(=O)c2cccc(C=CC(=O)NO)c2)=CCC1(C)N. The third kappa shape index (κ3) is 5.35. The molecule has 2 amide bonds. The summed E-state index contributed by atoms with van der Waals surface area (Å²) >= 11 is 0. The summed E-state index contributed by atoms with van der Waals surface area (Å²) in [5, 5.41) is 12.5. The predicted octanol–water partition coefficient (Wildman–Crippen LogP) is 2.38. The first-order chi connectivity index (χ1) is 12.6. The molecule has 0 bridgehead atoms. The highest BCUT2D eigenvalue weighted by molar-refractivity contribution is 5.96. The number of hydroxylamine groups is 1. The Kier molecular flexibility index (Phi) is 6.30. The van der Waals surface area contributed by atoms with Crippen molar-refractivity contribution >= 4 is 24.1 Å². The van der Waals surface area contributed by atoms with E-state index in [9.17, 15) is 9.59 Å². The van der Waals surface area contributed by atoms with Crippen molar-refractivity contribution in [1.29, 1.82) is 0 Å². The molecule has 27 heavy (non-hydrogen) atoms. The Morgan fingerprint density at radius 3 is 2.70 bits per heavy atom. The Hall–Kier alpha value is -2.77. The summed E-state index contributed by atoms with van der Waals surface area (Å²) in [4.78, 5) is 23.3. The van der Waals surface area contributed by atoms with Gasteiger partial charge < -0.3 is 5.73 Å². The van der Waals surface area contributed by atoms with E-state index in [2.05, 4.69) is 30.5 Å². The number of hydrogen-bond acceptors (Lipinski definition) is 5. The van der Waals surface area contributed by atoms with Crippen LogP contribution in [0, 0.1) is 5.41 Å². The Morgan fingerprint density at radius 1 is 1.30 bits per heavy atom. The molecule has 1 aromatic rings. The summed E-state index contributed by atoms with van der Waals surface area (Å²) in [5.74, 6) is -1.00. The number of allylic oxidation sites excluding steroid dienone is 1. The molecule has 1 unspecified atom stereocenters. The third-order valence-electron chi connectivity index (χ3n) is 5.06. The van der Waals surface area contributed by atoms with Crippen LogP contribution in [-0.2, 0) is 4.79 Å². The maximum atomic E-state index is 12.3. The van der Waals surface area contributed by atoms with Gasteiger partial charge in [-0.2, -0.15) is 5.10 Å². The first kappa shape index (κ1) is 20.5. The van der Waals surface area contributed by atoms with Crippen LogP contribution in [0.3, 0.4) is 0 Å². The average molecular weight is 370 g/mol. The van der Waals surface area contributed by atoms with Gasteiger partial charge in [0.1, 0.15) is 0 Å². The van der Waals surface area contributed by atoms with E-state index in [1.807, 2.05) is 6.92 Å². The van der Waals surface area contributed by atoms with Gasteiger partial charge in [-0.3, -0.25) is 14.8 Å². The quantitative estimate of drug-likeness (QED) is 0.275. The normalized spacial score (nSPS) is 21.9. The van der Waals surface area contributed by atoms with E-state index in [0.717, 1.165) is 24.5 Å². The summed E-state index contributed by atoms with van der Waals surface area (Å²) in [7, 11) is 0. The van der Waals surface area contributed by atoms with Crippen molar-refractivity contribution in [3.8, 4) is 0 Å². The lowest BCUT2D eigenvalue weighted by molar-refractivity contribution is -0.124. The number of nitrogens with zero attached hydrogens (tertiary/aromatic N) is 1. The smallest absolute Gasteiger partial charge is 0.271 e. The Bertz CT molecular complexity index is 807. The Morgan fingerprint density at radius 2 is 2.04 bits per heavy atom. The minimum atomic E-state index is -0.647. The number of nitrogens with one attached hydrogen (secondary N) is 2. The number of amides is 2. The average Bonchev–Trinajstić information content (AvgIpc) is 2.62. The molecule has 1 aromatic carbocycles. The van der Waals surface area contributed by atoms with Crippen molar-refractivity contribution in [2.45, 2.75) is 39.2 Å². The summed E-state index contributed by atoms with van der Waals surface area (Å²) < 4.78 is 0. The molecule has 0 heterocycles. The summed E-state index contributed by atoms with van der Waals surface area (Å²) in [6.45, 7) is 6.30. The van der Waals surface area contributed by atoms with Gasteiger partial charge in [-0.15, -0.1) is 0 Å². The topological polar surface area (TPSA) is 117 Å². The van der Waals surface area contributed by atoms with E-state index in [1.165, 1.54) is 11.6 Å². The molecule has 5 N–H and O–H groups in total. The van der Waals surface area contributed by atoms with Gasteiger partial charge in [0, 0.05) is 17.2 Å². The summed E-state index contributed by atoms with van der Waals surface area (Å²) in [6, 6.07) is 6.70. The number of nitrogens with two attached hydrogens (primary N) is 1. The molecule has 0 radical (unpaired) electrons. The monoisotopic (exact) mass is 370 g/mol. The van der Waals surface area contributed by atoms with Crippen LogP contribution in [-0.4, -0.2) is 28.8 Å². The standard InChI is InChI=1S/C20H26N4O3/c1-19(2)12-15(9-10-20(19,3)21)13-22-23-18(26)16-6-4-5-14(11-16)7-8-17(25)24-27/h4-9,11,13,27H,10,12,21H2,1-3H3,(H,23,26)(H,24,25). The largest absolute Gasteiger partial charge is 0.325 e. The number of carbonyl (C=O) groups is 2. The van der Waals surface area contributed by atoms with Gasteiger partial charge in [-0.1, -0.05) is 32.1 Å². The fourth-order valence-corrected chi connectivity index (χ4v) is 2.73.